The van der Waals surface area contributed by atoms with Crippen LogP contribution in [0.3, 0.4) is 0 Å². The number of fused-ring (bicyclic) bond motifs is 1. The number of carbonyl (C=O) groups is 1. The van der Waals surface area contributed by atoms with Crippen molar-refractivity contribution in [3.63, 3.8) is 0 Å². The summed E-state index contributed by atoms with van der Waals surface area (Å²) in [5.41, 5.74) is 3.10. The molecule has 0 bridgehead atoms. The van der Waals surface area contributed by atoms with Gasteiger partial charge in [0, 0.05) is 30.7 Å². The first-order chi connectivity index (χ1) is 14.1. The molecule has 1 amide bonds. The summed E-state index contributed by atoms with van der Waals surface area (Å²) < 4.78 is 5.46. The number of H-pyrrole nitrogens is 1. The van der Waals surface area contributed by atoms with Gasteiger partial charge in [-0.3, -0.25) is 14.6 Å². The maximum absolute atomic E-state index is 11.7. The van der Waals surface area contributed by atoms with Crippen molar-refractivity contribution in [2.45, 2.75) is 37.8 Å². The molecular weight excluding hydrogens is 366 g/mol. The molecule has 1 atom stereocenters. The second-order valence-electron chi connectivity index (χ2n) is 8.53. The van der Waals surface area contributed by atoms with Crippen molar-refractivity contribution in [1.29, 1.82) is 5.26 Å². The second-order valence-corrected chi connectivity index (χ2v) is 8.53. The number of carbonyl (C=O) groups excluding carboxylic acids is 1. The quantitative estimate of drug-likeness (QED) is 0.766. The first kappa shape index (κ1) is 18.3. The molecule has 0 spiro atoms. The standard InChI is InChI=1S/C22H25N5O2/c1-15-11-26(22(6-7-23)12-29-13-22)9-5-17(15)19-10-20(27(14-28)16-2-3-16)25-21-18(19)4-8-24-21/h4-5,8,10,14-16H,2-3,6,9,11-13H2,1H3,(H,24,25). The van der Waals surface area contributed by atoms with Gasteiger partial charge in [-0.2, -0.15) is 5.26 Å². The molecule has 1 unspecified atom stereocenters. The lowest BCUT2D eigenvalue weighted by molar-refractivity contribution is -0.137. The van der Waals surface area contributed by atoms with Gasteiger partial charge in [-0.05, 0) is 42.0 Å². The van der Waals surface area contributed by atoms with Crippen LogP contribution >= 0.6 is 0 Å². The monoisotopic (exact) mass is 391 g/mol. The van der Waals surface area contributed by atoms with Crippen molar-refractivity contribution in [2.24, 2.45) is 5.92 Å². The Hall–Kier alpha value is -2.69. The number of hydrogen-bond acceptors (Lipinski definition) is 5. The number of aromatic nitrogens is 2. The Bertz CT molecular complexity index is 1010. The van der Waals surface area contributed by atoms with E-state index in [1.165, 1.54) is 5.57 Å². The van der Waals surface area contributed by atoms with E-state index in [4.69, 9.17) is 9.72 Å². The van der Waals surface area contributed by atoms with Crippen LogP contribution in [0, 0.1) is 17.2 Å². The molecule has 2 fully saturated rings. The number of nitrogens with one attached hydrogen (secondary N) is 1. The fourth-order valence-electron chi connectivity index (χ4n) is 4.63. The van der Waals surface area contributed by atoms with Crippen LogP contribution in [0.1, 0.15) is 31.7 Å². The van der Waals surface area contributed by atoms with Crippen LogP contribution in [0.15, 0.2) is 24.4 Å². The molecule has 4 heterocycles. The normalized spacial score (nSPS) is 23.9. The van der Waals surface area contributed by atoms with E-state index < -0.39 is 0 Å². The number of nitriles is 1. The fraction of sp³-hybridized carbons (Fsp3) is 0.500. The van der Waals surface area contributed by atoms with Crippen molar-refractivity contribution in [2.75, 3.05) is 31.2 Å². The predicted octanol–water partition coefficient (Wildman–Crippen LogP) is 2.71. The molecule has 7 nitrogen and oxygen atoms in total. The minimum atomic E-state index is -0.141. The number of rotatable bonds is 6. The number of amides is 1. The summed E-state index contributed by atoms with van der Waals surface area (Å²) in [6, 6.07) is 6.74. The number of pyridine rings is 1. The third kappa shape index (κ3) is 3.04. The smallest absolute Gasteiger partial charge is 0.215 e. The molecule has 0 radical (unpaired) electrons. The molecule has 2 aromatic heterocycles. The first-order valence-electron chi connectivity index (χ1n) is 10.3. The third-order valence-corrected chi connectivity index (χ3v) is 6.52. The highest BCUT2D eigenvalue weighted by Gasteiger charge is 2.45. The van der Waals surface area contributed by atoms with Gasteiger partial charge >= 0.3 is 0 Å². The van der Waals surface area contributed by atoms with Crippen molar-refractivity contribution >= 4 is 28.8 Å². The molecule has 1 aliphatic carbocycles. The van der Waals surface area contributed by atoms with Gasteiger partial charge in [0.15, 0.2) is 0 Å². The Balaban J connectivity index is 1.51. The van der Waals surface area contributed by atoms with Crippen molar-refractivity contribution in [3.8, 4) is 6.07 Å². The minimum absolute atomic E-state index is 0.141. The van der Waals surface area contributed by atoms with E-state index in [9.17, 15) is 10.1 Å². The number of hydrogen-bond donors (Lipinski definition) is 1. The molecule has 7 heteroatoms. The Kier molecular flexibility index (Phi) is 4.41. The zero-order valence-electron chi connectivity index (χ0n) is 16.6. The van der Waals surface area contributed by atoms with Gasteiger partial charge in [0.05, 0.1) is 31.2 Å². The Labute approximate surface area is 169 Å². The molecular formula is C22H25N5O2. The molecule has 2 aliphatic heterocycles. The highest BCUT2D eigenvalue weighted by Crippen LogP contribution is 2.39. The number of anilines is 1. The van der Waals surface area contributed by atoms with Gasteiger partial charge in [0.2, 0.25) is 6.41 Å². The van der Waals surface area contributed by atoms with E-state index >= 15 is 0 Å². The van der Waals surface area contributed by atoms with Crippen LogP contribution in [-0.4, -0.2) is 59.2 Å². The van der Waals surface area contributed by atoms with E-state index in [2.05, 4.69) is 41.1 Å². The van der Waals surface area contributed by atoms with Crippen LogP contribution in [0.5, 0.6) is 0 Å². The zero-order chi connectivity index (χ0) is 20.0. The summed E-state index contributed by atoms with van der Waals surface area (Å²) in [5.74, 6) is 1.02. The zero-order valence-corrected chi connectivity index (χ0v) is 16.6. The van der Waals surface area contributed by atoms with Gasteiger partial charge in [-0.15, -0.1) is 0 Å². The van der Waals surface area contributed by atoms with Gasteiger partial charge in [0.1, 0.15) is 11.5 Å². The molecule has 29 heavy (non-hydrogen) atoms. The maximum Gasteiger partial charge on any atom is 0.215 e. The Morgan fingerprint density at radius 1 is 1.48 bits per heavy atom. The van der Waals surface area contributed by atoms with Gasteiger partial charge in [-0.25, -0.2) is 4.98 Å². The molecule has 1 saturated carbocycles. The van der Waals surface area contributed by atoms with Crippen molar-refractivity contribution in [3.05, 3.63) is 30.0 Å². The number of ether oxygens (including phenoxy) is 1. The number of nitrogens with zero attached hydrogens (tertiary/aromatic N) is 4. The molecule has 150 valence electrons. The van der Waals surface area contributed by atoms with E-state index in [0.717, 1.165) is 54.8 Å². The summed E-state index contributed by atoms with van der Waals surface area (Å²) in [6.45, 7) is 5.19. The summed E-state index contributed by atoms with van der Waals surface area (Å²) >= 11 is 0. The second kappa shape index (κ2) is 6.97. The Morgan fingerprint density at radius 3 is 2.93 bits per heavy atom. The maximum atomic E-state index is 11.7. The summed E-state index contributed by atoms with van der Waals surface area (Å²) in [5, 5.41) is 10.3. The lowest BCUT2D eigenvalue weighted by Crippen LogP contribution is -2.63. The SMILES string of the molecule is CC1CN(C2(CC#N)COC2)CC=C1c1cc(N(C=O)C2CC2)nc2[nH]ccc12. The molecule has 1 N–H and O–H groups in total. The average molecular weight is 391 g/mol. The molecule has 0 aromatic carbocycles. The van der Waals surface area contributed by atoms with Crippen LogP contribution in [-0.2, 0) is 9.53 Å². The predicted molar refractivity (Wildman–Crippen MR) is 110 cm³/mol. The van der Waals surface area contributed by atoms with E-state index in [1.54, 1.807) is 4.90 Å². The highest BCUT2D eigenvalue weighted by molar-refractivity contribution is 5.94. The lowest BCUT2D eigenvalue weighted by Gasteiger charge is -2.50. The largest absolute Gasteiger partial charge is 0.377 e. The van der Waals surface area contributed by atoms with Crippen LogP contribution in [0.25, 0.3) is 16.6 Å². The third-order valence-electron chi connectivity index (χ3n) is 6.52. The Morgan fingerprint density at radius 2 is 2.31 bits per heavy atom. The van der Waals surface area contributed by atoms with Crippen molar-refractivity contribution in [1.82, 2.24) is 14.9 Å². The van der Waals surface area contributed by atoms with Crippen molar-refractivity contribution < 1.29 is 9.53 Å². The van der Waals surface area contributed by atoms with Gasteiger partial charge in [0.25, 0.3) is 0 Å². The van der Waals surface area contributed by atoms with Crippen LogP contribution in [0.4, 0.5) is 5.82 Å². The molecule has 1 saturated heterocycles. The van der Waals surface area contributed by atoms with Gasteiger partial charge < -0.3 is 9.72 Å². The van der Waals surface area contributed by atoms with Crippen LogP contribution < -0.4 is 4.90 Å². The molecule has 3 aliphatic rings. The van der Waals surface area contributed by atoms with Crippen LogP contribution in [0.2, 0.25) is 0 Å². The summed E-state index contributed by atoms with van der Waals surface area (Å²) in [7, 11) is 0. The van der Waals surface area contributed by atoms with Gasteiger partial charge in [-0.1, -0.05) is 13.0 Å². The average Bonchev–Trinajstić information content (AvgIpc) is 3.40. The fourth-order valence-corrected chi connectivity index (χ4v) is 4.63. The molecule has 2 aromatic rings. The summed E-state index contributed by atoms with van der Waals surface area (Å²) in [6.07, 6.45) is 7.66. The summed E-state index contributed by atoms with van der Waals surface area (Å²) in [4.78, 5) is 23.8. The molecule has 5 rings (SSSR count). The minimum Gasteiger partial charge on any atom is -0.377 e. The van der Waals surface area contributed by atoms with E-state index in [1.807, 2.05) is 6.20 Å². The first-order valence-corrected chi connectivity index (χ1v) is 10.3. The van der Waals surface area contributed by atoms with E-state index in [-0.39, 0.29) is 11.6 Å². The lowest BCUT2D eigenvalue weighted by atomic mass is 9.84. The van der Waals surface area contributed by atoms with E-state index in [0.29, 0.717) is 25.6 Å². The number of aromatic amines is 1. The topological polar surface area (TPSA) is 85.2 Å². The highest BCUT2D eigenvalue weighted by atomic mass is 16.5.